The van der Waals surface area contributed by atoms with Crippen LogP contribution in [-0.2, 0) is 9.53 Å². The van der Waals surface area contributed by atoms with Gasteiger partial charge >= 0.3 is 6.18 Å². The molecule has 13 heteroatoms. The Bertz CT molecular complexity index is 1170. The number of nitrogen functional groups attached to an aromatic ring is 1. The molecule has 0 saturated carbocycles. The minimum Gasteiger partial charge on any atom is -0.464 e. The van der Waals surface area contributed by atoms with Gasteiger partial charge in [-0.05, 0) is 37.8 Å². The van der Waals surface area contributed by atoms with Crippen molar-refractivity contribution in [1.82, 2.24) is 9.97 Å². The molecule has 0 aliphatic carbocycles. The van der Waals surface area contributed by atoms with Crippen molar-refractivity contribution < 1.29 is 36.2 Å². The smallest absolute Gasteiger partial charge is 0.425 e. The van der Waals surface area contributed by atoms with E-state index < -0.39 is 35.4 Å². The van der Waals surface area contributed by atoms with Gasteiger partial charge in [0, 0.05) is 37.3 Å². The van der Waals surface area contributed by atoms with Crippen molar-refractivity contribution in [3.05, 3.63) is 35.9 Å². The zero-order valence-electron chi connectivity index (χ0n) is 19.8. The number of carbonyl (C=O) groups is 1. The van der Waals surface area contributed by atoms with Crippen molar-refractivity contribution in [3.63, 3.8) is 0 Å². The molecular weight excluding hydrogens is 501 g/mol. The fourth-order valence-electron chi connectivity index (χ4n) is 5.37. The van der Waals surface area contributed by atoms with E-state index in [1.165, 1.54) is 12.1 Å². The van der Waals surface area contributed by atoms with Crippen molar-refractivity contribution in [2.24, 2.45) is 5.92 Å². The van der Waals surface area contributed by atoms with E-state index in [0.29, 0.717) is 56.7 Å². The SMILES string of the molecule is Nc1nc(O[C@H](C2COC2)C(F)(F)F)cc(N2CCC3(CCCC(=O)N3c3ccc(F)c(F)c3)CC2)n1. The average Bonchev–Trinajstić information content (AvgIpc) is 2.79. The molecule has 0 unspecified atom stereocenters. The lowest BCUT2D eigenvalue weighted by atomic mass is 9.78. The number of amides is 1. The maximum absolute atomic E-state index is 14.0. The first-order chi connectivity index (χ1) is 17.6. The van der Waals surface area contributed by atoms with E-state index in [-0.39, 0.29) is 30.9 Å². The van der Waals surface area contributed by atoms with Crippen molar-refractivity contribution >= 4 is 23.4 Å². The summed E-state index contributed by atoms with van der Waals surface area (Å²) < 4.78 is 78.3. The Morgan fingerprint density at radius 2 is 1.81 bits per heavy atom. The van der Waals surface area contributed by atoms with E-state index in [9.17, 15) is 26.7 Å². The molecule has 4 heterocycles. The number of rotatable bonds is 5. The third-order valence-electron chi connectivity index (χ3n) is 7.30. The second-order valence-electron chi connectivity index (χ2n) is 9.69. The Morgan fingerprint density at radius 3 is 2.43 bits per heavy atom. The quantitative estimate of drug-likeness (QED) is 0.591. The van der Waals surface area contributed by atoms with Crippen LogP contribution in [0.5, 0.6) is 5.88 Å². The number of hydrogen-bond acceptors (Lipinski definition) is 7. The van der Waals surface area contributed by atoms with E-state index in [0.717, 1.165) is 12.1 Å². The standard InChI is InChI=1S/C24H26F5N5O3/c25-16-4-3-15(10-17(16)26)34-20(35)2-1-5-23(34)6-8-33(9-7-23)18-11-19(32-22(30)31-18)37-21(24(27,28)29)14-12-36-13-14/h3-4,10-11,14,21H,1-2,5-9,12-13H2,(H2,30,31,32)/t21-/m1/s1. The number of halogens is 5. The van der Waals surface area contributed by atoms with Crippen LogP contribution >= 0.6 is 0 Å². The van der Waals surface area contributed by atoms with Crippen LogP contribution in [0.2, 0.25) is 0 Å². The number of anilines is 3. The molecule has 1 amide bonds. The predicted molar refractivity (Wildman–Crippen MR) is 123 cm³/mol. The Labute approximate surface area is 209 Å². The highest BCUT2D eigenvalue weighted by Gasteiger charge is 2.50. The van der Waals surface area contributed by atoms with Crippen molar-refractivity contribution in [2.75, 3.05) is 41.8 Å². The predicted octanol–water partition coefficient (Wildman–Crippen LogP) is 3.85. The van der Waals surface area contributed by atoms with E-state index >= 15 is 0 Å². The first kappa shape index (κ1) is 25.4. The summed E-state index contributed by atoms with van der Waals surface area (Å²) in [4.78, 5) is 24.4. The van der Waals surface area contributed by atoms with Crippen LogP contribution in [0.25, 0.3) is 0 Å². The first-order valence-corrected chi connectivity index (χ1v) is 12.0. The molecule has 0 radical (unpaired) electrons. The van der Waals surface area contributed by atoms with E-state index in [2.05, 4.69) is 9.97 Å². The molecule has 2 N–H and O–H groups in total. The van der Waals surface area contributed by atoms with Crippen LogP contribution in [0.15, 0.2) is 24.3 Å². The van der Waals surface area contributed by atoms with Gasteiger partial charge < -0.3 is 25.0 Å². The van der Waals surface area contributed by atoms with Crippen LogP contribution in [0, 0.1) is 17.6 Å². The maximum atomic E-state index is 14.0. The molecule has 8 nitrogen and oxygen atoms in total. The lowest BCUT2D eigenvalue weighted by Crippen LogP contribution is -2.60. The molecule has 3 saturated heterocycles. The molecule has 200 valence electrons. The molecule has 1 aromatic carbocycles. The number of nitrogens with two attached hydrogens (primary N) is 1. The van der Waals surface area contributed by atoms with Crippen LogP contribution in [0.3, 0.4) is 0 Å². The summed E-state index contributed by atoms with van der Waals surface area (Å²) in [5.41, 5.74) is 5.50. The second kappa shape index (κ2) is 9.58. The highest BCUT2D eigenvalue weighted by molar-refractivity contribution is 5.95. The largest absolute Gasteiger partial charge is 0.464 e. The molecule has 1 spiro atoms. The van der Waals surface area contributed by atoms with E-state index in [1.54, 1.807) is 4.90 Å². The van der Waals surface area contributed by atoms with Gasteiger partial charge in [-0.15, -0.1) is 0 Å². The minimum atomic E-state index is -4.61. The summed E-state index contributed by atoms with van der Waals surface area (Å²) in [5.74, 6) is -3.22. The highest BCUT2D eigenvalue weighted by atomic mass is 19.4. The topological polar surface area (TPSA) is 93.8 Å². The van der Waals surface area contributed by atoms with Crippen LogP contribution in [0.4, 0.5) is 39.4 Å². The van der Waals surface area contributed by atoms with Gasteiger partial charge in [-0.25, -0.2) is 8.78 Å². The third kappa shape index (κ3) is 5.00. The molecule has 3 aliphatic heterocycles. The summed E-state index contributed by atoms with van der Waals surface area (Å²) in [6.45, 7) is 0.697. The van der Waals surface area contributed by atoms with Crippen molar-refractivity contribution in [2.45, 2.75) is 49.9 Å². The Kier molecular flexibility index (Phi) is 6.59. The molecule has 0 bridgehead atoms. The number of aromatic nitrogens is 2. The Balaban J connectivity index is 1.35. The fourth-order valence-corrected chi connectivity index (χ4v) is 5.37. The molecule has 5 rings (SSSR count). The van der Waals surface area contributed by atoms with Gasteiger partial charge in [-0.1, -0.05) is 0 Å². The number of carbonyl (C=O) groups excluding carboxylic acids is 1. The zero-order valence-corrected chi connectivity index (χ0v) is 19.8. The fraction of sp³-hybridized carbons (Fsp3) is 0.542. The molecule has 2 aromatic rings. The average molecular weight is 527 g/mol. The second-order valence-corrected chi connectivity index (χ2v) is 9.69. The summed E-state index contributed by atoms with van der Waals surface area (Å²) >= 11 is 0. The third-order valence-corrected chi connectivity index (χ3v) is 7.30. The molecule has 37 heavy (non-hydrogen) atoms. The van der Waals surface area contributed by atoms with Gasteiger partial charge in [0.05, 0.1) is 24.7 Å². The molecule has 1 atom stereocenters. The van der Waals surface area contributed by atoms with Gasteiger partial charge in [0.2, 0.25) is 23.8 Å². The highest BCUT2D eigenvalue weighted by Crippen LogP contribution is 2.42. The zero-order chi connectivity index (χ0) is 26.4. The van der Waals surface area contributed by atoms with Gasteiger partial charge in [0.15, 0.2) is 11.6 Å². The first-order valence-electron chi connectivity index (χ1n) is 12.0. The van der Waals surface area contributed by atoms with Crippen molar-refractivity contribution in [3.8, 4) is 5.88 Å². The number of alkyl halides is 3. The number of hydrogen-bond donors (Lipinski definition) is 1. The summed E-state index contributed by atoms with van der Waals surface area (Å²) in [5, 5.41) is 0. The van der Waals surface area contributed by atoms with Gasteiger partial charge in [0.1, 0.15) is 5.82 Å². The lowest BCUT2D eigenvalue weighted by molar-refractivity contribution is -0.239. The van der Waals surface area contributed by atoms with Gasteiger partial charge in [0.25, 0.3) is 0 Å². The summed E-state index contributed by atoms with van der Waals surface area (Å²) in [6, 6.07) is 4.76. The number of nitrogens with zero attached hydrogens (tertiary/aromatic N) is 4. The summed E-state index contributed by atoms with van der Waals surface area (Å²) in [7, 11) is 0. The molecular formula is C24H26F5N5O3. The molecule has 3 aliphatic rings. The summed E-state index contributed by atoms with van der Waals surface area (Å²) in [6.07, 6.45) is -4.05. The lowest BCUT2D eigenvalue weighted by Gasteiger charge is -2.51. The monoisotopic (exact) mass is 527 g/mol. The minimum absolute atomic E-state index is 0.0566. The Morgan fingerprint density at radius 1 is 1.08 bits per heavy atom. The van der Waals surface area contributed by atoms with E-state index in [1.807, 2.05) is 4.90 Å². The van der Waals surface area contributed by atoms with Crippen LogP contribution < -0.4 is 20.3 Å². The Hall–Kier alpha value is -3.22. The van der Waals surface area contributed by atoms with Crippen LogP contribution in [0.1, 0.15) is 32.1 Å². The van der Waals surface area contributed by atoms with E-state index in [4.69, 9.17) is 15.2 Å². The van der Waals surface area contributed by atoms with Crippen molar-refractivity contribution in [1.29, 1.82) is 0 Å². The number of benzene rings is 1. The van der Waals surface area contributed by atoms with Gasteiger partial charge in [-0.2, -0.15) is 23.1 Å². The normalized spacial score (nSPS) is 21.2. The van der Waals surface area contributed by atoms with Gasteiger partial charge in [-0.3, -0.25) is 4.79 Å². The van der Waals surface area contributed by atoms with Crippen LogP contribution in [-0.4, -0.2) is 60.0 Å². The molecule has 1 aromatic heterocycles. The number of piperidine rings is 2. The maximum Gasteiger partial charge on any atom is 0.425 e. The molecule has 3 fully saturated rings. The number of ether oxygens (including phenoxy) is 2.